The molecule has 23 heavy (non-hydrogen) atoms. The summed E-state index contributed by atoms with van der Waals surface area (Å²) in [6.45, 7) is -0.374. The summed E-state index contributed by atoms with van der Waals surface area (Å²) in [6.07, 6.45) is 0.713. The lowest BCUT2D eigenvalue weighted by molar-refractivity contribution is -0.0508. The van der Waals surface area contributed by atoms with E-state index in [-0.39, 0.29) is 6.61 Å². The van der Waals surface area contributed by atoms with Crippen molar-refractivity contribution in [2.24, 2.45) is 4.99 Å². The van der Waals surface area contributed by atoms with Gasteiger partial charge in [-0.1, -0.05) is 0 Å². The molecular formula is C14H19N5O4. The van der Waals surface area contributed by atoms with E-state index in [4.69, 9.17) is 4.74 Å². The van der Waals surface area contributed by atoms with Gasteiger partial charge in [0.05, 0.1) is 18.3 Å². The number of aliphatic hydroxyl groups excluding tert-OH is 3. The molecule has 9 nitrogen and oxygen atoms in total. The van der Waals surface area contributed by atoms with Crippen LogP contribution in [0, 0.1) is 0 Å². The van der Waals surface area contributed by atoms with Crippen molar-refractivity contribution in [2.75, 3.05) is 20.7 Å². The van der Waals surface area contributed by atoms with Crippen molar-refractivity contribution < 1.29 is 20.1 Å². The number of ether oxygens (including phenoxy) is 1. The smallest absolute Gasteiger partial charge is 0.166 e. The molecule has 3 rings (SSSR count). The molecule has 1 aliphatic heterocycles. The average molecular weight is 321 g/mol. The Kier molecular flexibility index (Phi) is 4.26. The molecule has 0 radical (unpaired) electrons. The second-order valence-corrected chi connectivity index (χ2v) is 5.59. The van der Waals surface area contributed by atoms with E-state index < -0.39 is 24.5 Å². The normalized spacial score (nSPS) is 28.0. The fourth-order valence-electron chi connectivity index (χ4n) is 2.55. The van der Waals surface area contributed by atoms with E-state index in [0.29, 0.717) is 16.9 Å². The molecule has 0 aliphatic carbocycles. The first kappa shape index (κ1) is 15.8. The molecule has 9 heteroatoms. The molecule has 1 fully saturated rings. The van der Waals surface area contributed by atoms with Gasteiger partial charge in [0.1, 0.15) is 30.3 Å². The third-order valence-corrected chi connectivity index (χ3v) is 3.69. The molecule has 0 saturated carbocycles. The average Bonchev–Trinajstić information content (AvgIpc) is 3.08. The van der Waals surface area contributed by atoms with Crippen LogP contribution in [0.1, 0.15) is 6.23 Å². The maximum absolute atomic E-state index is 10.1. The highest BCUT2D eigenvalue weighted by Crippen LogP contribution is 2.33. The number of aliphatic imine (C=N–C) groups is 1. The molecule has 0 spiro atoms. The van der Waals surface area contributed by atoms with Gasteiger partial charge in [0.2, 0.25) is 0 Å². The predicted octanol–water partition coefficient (Wildman–Crippen LogP) is -0.736. The summed E-state index contributed by atoms with van der Waals surface area (Å²) in [5.74, 6) is 0.495. The molecule has 124 valence electrons. The van der Waals surface area contributed by atoms with E-state index >= 15 is 0 Å². The van der Waals surface area contributed by atoms with Gasteiger partial charge in [-0.3, -0.25) is 0 Å². The van der Waals surface area contributed by atoms with Crippen LogP contribution in [-0.4, -0.2) is 80.1 Å². The third-order valence-electron chi connectivity index (χ3n) is 3.69. The van der Waals surface area contributed by atoms with Crippen LogP contribution in [0.3, 0.4) is 0 Å². The zero-order valence-electron chi connectivity index (χ0n) is 12.8. The van der Waals surface area contributed by atoms with Crippen molar-refractivity contribution in [1.29, 1.82) is 0 Å². The van der Waals surface area contributed by atoms with E-state index in [1.165, 1.54) is 6.33 Å². The van der Waals surface area contributed by atoms with Crippen molar-refractivity contribution >= 4 is 23.2 Å². The zero-order valence-corrected chi connectivity index (χ0v) is 12.8. The third kappa shape index (κ3) is 2.79. The van der Waals surface area contributed by atoms with E-state index in [9.17, 15) is 15.3 Å². The Labute approximate surface area is 132 Å². The Balaban J connectivity index is 1.99. The number of aromatic nitrogens is 3. The monoisotopic (exact) mass is 321 g/mol. The topological polar surface area (TPSA) is 116 Å². The Hall–Kier alpha value is -2.07. The summed E-state index contributed by atoms with van der Waals surface area (Å²) in [5, 5.41) is 29.9. The largest absolute Gasteiger partial charge is 0.394 e. The Bertz CT molecular complexity index is 716. The fraction of sp³-hybridized carbons (Fsp3) is 0.500. The zero-order chi connectivity index (χ0) is 16.6. The number of aliphatic hydroxyl groups is 3. The summed E-state index contributed by atoms with van der Waals surface area (Å²) >= 11 is 0. The number of fused-ring (bicyclic) bond motifs is 1. The lowest BCUT2D eigenvalue weighted by Crippen LogP contribution is -2.33. The van der Waals surface area contributed by atoms with E-state index in [0.717, 1.165) is 0 Å². The molecule has 0 bridgehead atoms. The van der Waals surface area contributed by atoms with Gasteiger partial charge in [0.25, 0.3) is 0 Å². The Morgan fingerprint density at radius 2 is 2.13 bits per heavy atom. The molecule has 3 N–H and O–H groups in total. The van der Waals surface area contributed by atoms with Gasteiger partial charge in [-0.05, 0) is 6.07 Å². The highest BCUT2D eigenvalue weighted by atomic mass is 16.6. The second-order valence-electron chi connectivity index (χ2n) is 5.59. The SMILES string of the molecule is CN(C)/C=N\c1ncnc2c1ccn2C1OC(CO)C(O)C1O. The van der Waals surface area contributed by atoms with Gasteiger partial charge >= 0.3 is 0 Å². The molecule has 2 aromatic rings. The van der Waals surface area contributed by atoms with E-state index in [1.54, 1.807) is 28.1 Å². The number of hydrogen-bond donors (Lipinski definition) is 3. The quantitative estimate of drug-likeness (QED) is 0.502. The standard InChI is InChI=1S/C14H19N5O4/c1-18(2)7-17-12-8-3-4-19(13(8)16-6-15-12)14-11(22)10(21)9(5-20)23-14/h3-4,6-7,9-11,14,20-22H,5H2,1-2H3/b17-7-. The van der Waals surface area contributed by atoms with Crippen molar-refractivity contribution in [3.8, 4) is 0 Å². The van der Waals surface area contributed by atoms with Crippen LogP contribution in [0.25, 0.3) is 11.0 Å². The maximum atomic E-state index is 10.1. The lowest BCUT2D eigenvalue weighted by atomic mass is 10.1. The maximum Gasteiger partial charge on any atom is 0.166 e. The van der Waals surface area contributed by atoms with Gasteiger partial charge in [0.15, 0.2) is 12.0 Å². The van der Waals surface area contributed by atoms with Gasteiger partial charge in [-0.25, -0.2) is 15.0 Å². The number of nitrogens with zero attached hydrogens (tertiary/aromatic N) is 5. The molecule has 2 aromatic heterocycles. The van der Waals surface area contributed by atoms with Crippen molar-refractivity contribution in [2.45, 2.75) is 24.5 Å². The van der Waals surface area contributed by atoms with Crippen molar-refractivity contribution in [3.05, 3.63) is 18.6 Å². The van der Waals surface area contributed by atoms with Crippen molar-refractivity contribution in [3.63, 3.8) is 0 Å². The van der Waals surface area contributed by atoms with Gasteiger partial charge in [0, 0.05) is 20.3 Å². The minimum Gasteiger partial charge on any atom is -0.394 e. The van der Waals surface area contributed by atoms with Crippen LogP contribution < -0.4 is 0 Å². The van der Waals surface area contributed by atoms with Crippen LogP contribution in [0.4, 0.5) is 5.82 Å². The van der Waals surface area contributed by atoms with Crippen LogP contribution in [-0.2, 0) is 4.74 Å². The minimum atomic E-state index is -1.16. The molecule has 0 amide bonds. The molecular weight excluding hydrogens is 302 g/mol. The van der Waals surface area contributed by atoms with E-state index in [1.807, 2.05) is 14.1 Å². The molecule has 3 heterocycles. The Morgan fingerprint density at radius 1 is 1.35 bits per heavy atom. The second kappa shape index (κ2) is 6.20. The number of hydrogen-bond acceptors (Lipinski definition) is 7. The van der Waals surface area contributed by atoms with Crippen molar-refractivity contribution in [1.82, 2.24) is 19.4 Å². The van der Waals surface area contributed by atoms with Gasteiger partial charge < -0.3 is 29.5 Å². The lowest BCUT2D eigenvalue weighted by Gasteiger charge is -2.17. The molecule has 1 aliphatic rings. The highest BCUT2D eigenvalue weighted by Gasteiger charge is 2.43. The molecule has 4 atom stereocenters. The predicted molar refractivity (Wildman–Crippen MR) is 82.4 cm³/mol. The van der Waals surface area contributed by atoms with E-state index in [2.05, 4.69) is 15.0 Å². The molecule has 4 unspecified atom stereocenters. The Morgan fingerprint density at radius 3 is 2.78 bits per heavy atom. The summed E-state index contributed by atoms with van der Waals surface area (Å²) in [5.41, 5.74) is 0.528. The molecule has 1 saturated heterocycles. The number of rotatable bonds is 4. The summed E-state index contributed by atoms with van der Waals surface area (Å²) in [7, 11) is 3.71. The van der Waals surface area contributed by atoms with Gasteiger partial charge in [-0.15, -0.1) is 0 Å². The van der Waals surface area contributed by atoms with Crippen LogP contribution in [0.2, 0.25) is 0 Å². The molecule has 0 aromatic carbocycles. The van der Waals surface area contributed by atoms with Crippen LogP contribution in [0.15, 0.2) is 23.6 Å². The first-order valence-corrected chi connectivity index (χ1v) is 7.17. The first-order valence-electron chi connectivity index (χ1n) is 7.17. The minimum absolute atomic E-state index is 0.374. The first-order chi connectivity index (χ1) is 11.0. The summed E-state index contributed by atoms with van der Waals surface area (Å²) in [4.78, 5) is 14.4. The fourth-order valence-corrected chi connectivity index (χ4v) is 2.55. The van der Waals surface area contributed by atoms with Crippen LogP contribution >= 0.6 is 0 Å². The van der Waals surface area contributed by atoms with Crippen LogP contribution in [0.5, 0.6) is 0 Å². The van der Waals surface area contributed by atoms with Gasteiger partial charge in [-0.2, -0.15) is 0 Å². The highest BCUT2D eigenvalue weighted by molar-refractivity contribution is 5.87. The summed E-state index contributed by atoms with van der Waals surface area (Å²) in [6, 6.07) is 1.77. The summed E-state index contributed by atoms with van der Waals surface area (Å²) < 4.78 is 7.14.